The number of carbonyl (C=O) groups is 1. The summed E-state index contributed by atoms with van der Waals surface area (Å²) in [5.41, 5.74) is 0. The van der Waals surface area contributed by atoms with Gasteiger partial charge in [0.05, 0.1) is 5.02 Å². The number of para-hydroxylation sites is 1. The lowest BCUT2D eigenvalue weighted by molar-refractivity contribution is 0.140. The Kier molecular flexibility index (Phi) is 4.02. The number of anilines is 1. The smallest absolute Gasteiger partial charge is 0.410 e. The van der Waals surface area contributed by atoms with E-state index in [-0.39, 0.29) is 18.2 Å². The number of benzene rings is 1. The van der Waals surface area contributed by atoms with Crippen molar-refractivity contribution in [3.8, 4) is 5.75 Å². The molecule has 0 spiro atoms. The molecule has 3 heterocycles. The molecule has 2 unspecified atom stereocenters. The minimum Gasteiger partial charge on any atom is -0.410 e. The molecule has 2 aliphatic heterocycles. The molecule has 1 aromatic carbocycles. The molecule has 0 aliphatic carbocycles. The highest BCUT2D eigenvalue weighted by Crippen LogP contribution is 2.34. The van der Waals surface area contributed by atoms with Crippen molar-refractivity contribution in [1.82, 2.24) is 9.88 Å². The molecule has 1 aromatic heterocycles. The van der Waals surface area contributed by atoms with Gasteiger partial charge in [-0.15, -0.1) is 0 Å². The van der Waals surface area contributed by atoms with Gasteiger partial charge in [-0.1, -0.05) is 29.8 Å². The second-order valence-electron chi connectivity index (χ2n) is 6.21. The van der Waals surface area contributed by atoms with Crippen molar-refractivity contribution < 1.29 is 9.53 Å². The highest BCUT2D eigenvalue weighted by Gasteiger charge is 2.42. The van der Waals surface area contributed by atoms with Crippen molar-refractivity contribution in [2.75, 3.05) is 18.0 Å². The summed E-state index contributed by atoms with van der Waals surface area (Å²) in [6, 6.07) is 13.6. The lowest BCUT2D eigenvalue weighted by atomic mass is 10.2. The summed E-state index contributed by atoms with van der Waals surface area (Å²) < 4.78 is 5.47. The summed E-state index contributed by atoms with van der Waals surface area (Å²) in [5, 5.41) is 0.635. The van der Waals surface area contributed by atoms with E-state index in [9.17, 15) is 4.79 Å². The molecule has 0 N–H and O–H groups in total. The summed E-state index contributed by atoms with van der Waals surface area (Å²) in [6.07, 6.45) is 3.52. The number of ether oxygens (including phenoxy) is 1. The van der Waals surface area contributed by atoms with Crippen LogP contribution in [-0.2, 0) is 0 Å². The Balaban J connectivity index is 1.46. The van der Waals surface area contributed by atoms with E-state index in [1.807, 2.05) is 35.2 Å². The van der Waals surface area contributed by atoms with E-state index in [1.54, 1.807) is 18.3 Å². The number of aromatic nitrogens is 1. The van der Waals surface area contributed by atoms with Crippen LogP contribution < -0.4 is 9.64 Å². The first-order valence-electron chi connectivity index (χ1n) is 8.12. The molecule has 24 heavy (non-hydrogen) atoms. The van der Waals surface area contributed by atoms with E-state index in [0.29, 0.717) is 23.9 Å². The van der Waals surface area contributed by atoms with E-state index in [2.05, 4.69) is 9.88 Å². The molecular weight excluding hydrogens is 326 g/mol. The van der Waals surface area contributed by atoms with Gasteiger partial charge in [-0.3, -0.25) is 0 Å². The number of hydrogen-bond donors (Lipinski definition) is 0. The van der Waals surface area contributed by atoms with Gasteiger partial charge in [0, 0.05) is 31.4 Å². The normalized spacial score (nSPS) is 22.5. The molecule has 2 fully saturated rings. The first-order valence-corrected chi connectivity index (χ1v) is 8.50. The van der Waals surface area contributed by atoms with Crippen LogP contribution in [0.2, 0.25) is 5.02 Å². The molecule has 124 valence electrons. The van der Waals surface area contributed by atoms with Crippen molar-refractivity contribution in [2.24, 2.45) is 0 Å². The Morgan fingerprint density at radius 2 is 1.79 bits per heavy atom. The number of halogens is 1. The van der Waals surface area contributed by atoms with Gasteiger partial charge < -0.3 is 14.5 Å². The predicted octanol–water partition coefficient (Wildman–Crippen LogP) is 3.59. The van der Waals surface area contributed by atoms with Gasteiger partial charge in [-0.25, -0.2) is 9.78 Å². The highest BCUT2D eigenvalue weighted by molar-refractivity contribution is 6.30. The van der Waals surface area contributed by atoms with Crippen LogP contribution in [0.5, 0.6) is 5.75 Å². The van der Waals surface area contributed by atoms with Gasteiger partial charge in [0.15, 0.2) is 0 Å². The molecule has 2 bridgehead atoms. The third-order valence-electron chi connectivity index (χ3n) is 4.67. The maximum absolute atomic E-state index is 12.4. The van der Waals surface area contributed by atoms with Crippen LogP contribution >= 0.6 is 11.6 Å². The number of nitrogens with zero attached hydrogens (tertiary/aromatic N) is 3. The number of fused-ring (bicyclic) bond motifs is 2. The lowest BCUT2D eigenvalue weighted by Crippen LogP contribution is -2.56. The standard InChI is InChI=1S/C18H18ClN3O2/c19-13-6-9-17(20-10-13)22-14-7-8-15(22)12-21(11-14)18(23)24-16-4-2-1-3-5-16/h1-6,9-10,14-15H,7-8,11-12H2. The number of piperazine rings is 1. The lowest BCUT2D eigenvalue weighted by Gasteiger charge is -2.41. The van der Waals surface area contributed by atoms with Crippen molar-refractivity contribution in [1.29, 1.82) is 0 Å². The summed E-state index contributed by atoms with van der Waals surface area (Å²) >= 11 is 5.93. The molecule has 6 heteroatoms. The van der Waals surface area contributed by atoms with E-state index in [4.69, 9.17) is 16.3 Å². The Morgan fingerprint density at radius 3 is 2.42 bits per heavy atom. The molecule has 2 atom stereocenters. The minimum absolute atomic E-state index is 0.276. The zero-order chi connectivity index (χ0) is 16.5. The Morgan fingerprint density at radius 1 is 1.08 bits per heavy atom. The quantitative estimate of drug-likeness (QED) is 0.836. The van der Waals surface area contributed by atoms with Crippen LogP contribution in [0.15, 0.2) is 48.7 Å². The van der Waals surface area contributed by atoms with Gasteiger partial charge in [-0.2, -0.15) is 0 Å². The number of likely N-dealkylation sites (tertiary alicyclic amines) is 1. The van der Waals surface area contributed by atoms with Crippen LogP contribution in [0.25, 0.3) is 0 Å². The largest absolute Gasteiger partial charge is 0.415 e. The molecule has 1 amide bonds. The van der Waals surface area contributed by atoms with Gasteiger partial charge in [0.25, 0.3) is 0 Å². The summed E-state index contributed by atoms with van der Waals surface area (Å²) in [7, 11) is 0. The topological polar surface area (TPSA) is 45.7 Å². The molecule has 5 nitrogen and oxygen atoms in total. The van der Waals surface area contributed by atoms with E-state index in [1.165, 1.54) is 0 Å². The fourth-order valence-corrected chi connectivity index (χ4v) is 3.71. The van der Waals surface area contributed by atoms with Crippen molar-refractivity contribution >= 4 is 23.5 Å². The van der Waals surface area contributed by atoms with Crippen molar-refractivity contribution in [2.45, 2.75) is 24.9 Å². The maximum atomic E-state index is 12.4. The van der Waals surface area contributed by atoms with E-state index >= 15 is 0 Å². The third kappa shape index (κ3) is 2.91. The highest BCUT2D eigenvalue weighted by atomic mass is 35.5. The molecule has 0 radical (unpaired) electrons. The van der Waals surface area contributed by atoms with Gasteiger partial charge >= 0.3 is 6.09 Å². The second-order valence-corrected chi connectivity index (χ2v) is 6.65. The molecule has 4 rings (SSSR count). The first-order chi connectivity index (χ1) is 11.7. The van der Waals surface area contributed by atoms with Gasteiger partial charge in [0.1, 0.15) is 11.6 Å². The zero-order valence-corrected chi connectivity index (χ0v) is 13.9. The van der Waals surface area contributed by atoms with E-state index in [0.717, 1.165) is 18.7 Å². The third-order valence-corrected chi connectivity index (χ3v) is 4.89. The average Bonchev–Trinajstić information content (AvgIpc) is 2.86. The number of amides is 1. The molecule has 2 aromatic rings. The SMILES string of the molecule is O=C(Oc1ccccc1)N1CC2CCC(C1)N2c1ccc(Cl)cn1. The fourth-order valence-electron chi connectivity index (χ4n) is 3.60. The monoisotopic (exact) mass is 343 g/mol. The van der Waals surface area contributed by atoms with Crippen molar-refractivity contribution in [3.05, 3.63) is 53.7 Å². The number of pyridine rings is 1. The second kappa shape index (κ2) is 6.32. The van der Waals surface area contributed by atoms with Gasteiger partial charge in [0.2, 0.25) is 0 Å². The molecule has 0 saturated carbocycles. The maximum Gasteiger partial charge on any atom is 0.415 e. The number of carbonyl (C=O) groups excluding carboxylic acids is 1. The molecular formula is C18H18ClN3O2. The molecule has 2 saturated heterocycles. The van der Waals surface area contributed by atoms with Crippen molar-refractivity contribution in [3.63, 3.8) is 0 Å². The summed E-state index contributed by atoms with van der Waals surface area (Å²) in [6.45, 7) is 1.32. The first kappa shape index (κ1) is 15.3. The fraction of sp³-hybridized carbons (Fsp3) is 0.333. The zero-order valence-electron chi connectivity index (χ0n) is 13.1. The van der Waals surface area contributed by atoms with Crippen LogP contribution in [0.3, 0.4) is 0 Å². The molecule has 2 aliphatic rings. The van der Waals surface area contributed by atoms with E-state index < -0.39 is 0 Å². The number of rotatable bonds is 2. The Labute approximate surface area is 145 Å². The minimum atomic E-state index is -0.276. The number of hydrogen-bond acceptors (Lipinski definition) is 4. The van der Waals surface area contributed by atoms with Crippen LogP contribution in [0.4, 0.5) is 10.6 Å². The van der Waals surface area contributed by atoms with Crippen LogP contribution in [0, 0.1) is 0 Å². The summed E-state index contributed by atoms with van der Waals surface area (Å²) in [5.74, 6) is 1.51. The summed E-state index contributed by atoms with van der Waals surface area (Å²) in [4.78, 5) is 21.0. The predicted molar refractivity (Wildman–Crippen MR) is 92.6 cm³/mol. The Bertz CT molecular complexity index is 709. The van der Waals surface area contributed by atoms with Crippen LogP contribution in [0.1, 0.15) is 12.8 Å². The Hall–Kier alpha value is -2.27. The van der Waals surface area contributed by atoms with Gasteiger partial charge in [-0.05, 0) is 37.1 Å². The van der Waals surface area contributed by atoms with Crippen LogP contribution in [-0.4, -0.2) is 41.2 Å². The average molecular weight is 344 g/mol.